The van der Waals surface area contributed by atoms with E-state index in [-0.39, 0.29) is 5.54 Å². The molecule has 76 valence electrons. The molecule has 1 fully saturated rings. The molecule has 1 aliphatic rings. The van der Waals surface area contributed by atoms with Crippen LogP contribution in [0.3, 0.4) is 0 Å². The van der Waals surface area contributed by atoms with Crippen LogP contribution in [0.15, 0.2) is 12.5 Å². The Morgan fingerprint density at radius 1 is 1.64 bits per heavy atom. The van der Waals surface area contributed by atoms with Crippen molar-refractivity contribution in [2.24, 2.45) is 0 Å². The normalized spacial score (nSPS) is 26.4. The van der Waals surface area contributed by atoms with Crippen LogP contribution in [0, 0.1) is 0 Å². The summed E-state index contributed by atoms with van der Waals surface area (Å²) in [6.45, 7) is 4.13. The molecule has 14 heavy (non-hydrogen) atoms. The molecule has 1 unspecified atom stereocenters. The summed E-state index contributed by atoms with van der Waals surface area (Å²) in [6, 6.07) is 0. The Balaban J connectivity index is 2.14. The molecule has 0 radical (unpaired) electrons. The topological polar surface area (TPSA) is 49.8 Å². The summed E-state index contributed by atoms with van der Waals surface area (Å²) in [5.41, 5.74) is 0.0536. The lowest BCUT2D eigenvalue weighted by molar-refractivity contribution is 0.564. The van der Waals surface area contributed by atoms with Gasteiger partial charge in [0.2, 0.25) is 0 Å². The van der Waals surface area contributed by atoms with Gasteiger partial charge >= 0.3 is 0 Å². The van der Waals surface area contributed by atoms with E-state index in [0.717, 1.165) is 19.5 Å². The van der Waals surface area contributed by atoms with Crippen LogP contribution in [0.1, 0.15) is 13.3 Å². The van der Waals surface area contributed by atoms with Gasteiger partial charge in [-0.15, -0.1) is 0 Å². The number of halogens is 1. The van der Waals surface area contributed by atoms with E-state index in [2.05, 4.69) is 27.5 Å². The van der Waals surface area contributed by atoms with Crippen LogP contribution < -0.4 is 10.6 Å². The van der Waals surface area contributed by atoms with Crippen molar-refractivity contribution in [3.63, 3.8) is 0 Å². The summed E-state index contributed by atoms with van der Waals surface area (Å²) >= 11 is 5.96. The van der Waals surface area contributed by atoms with E-state index < -0.39 is 0 Å². The van der Waals surface area contributed by atoms with E-state index in [1.165, 1.54) is 6.33 Å². The average Bonchev–Trinajstić information content (AvgIpc) is 2.57. The SMILES string of the molecule is CC1(Nc2ncncc2Cl)CCNC1. The van der Waals surface area contributed by atoms with Crippen LogP contribution in [0.5, 0.6) is 0 Å². The van der Waals surface area contributed by atoms with Crippen molar-refractivity contribution in [3.05, 3.63) is 17.5 Å². The summed E-state index contributed by atoms with van der Waals surface area (Å²) in [6.07, 6.45) is 4.18. The predicted molar refractivity (Wildman–Crippen MR) is 56.6 cm³/mol. The van der Waals surface area contributed by atoms with E-state index in [0.29, 0.717) is 10.8 Å². The van der Waals surface area contributed by atoms with E-state index in [9.17, 15) is 0 Å². The second-order valence-corrected chi connectivity index (χ2v) is 4.24. The van der Waals surface area contributed by atoms with Gasteiger partial charge in [0.05, 0.1) is 6.20 Å². The lowest BCUT2D eigenvalue weighted by Crippen LogP contribution is -2.37. The average molecular weight is 213 g/mol. The van der Waals surface area contributed by atoms with Crippen molar-refractivity contribution in [2.75, 3.05) is 18.4 Å². The van der Waals surface area contributed by atoms with Crippen molar-refractivity contribution in [1.82, 2.24) is 15.3 Å². The number of aromatic nitrogens is 2. The molecule has 0 bridgehead atoms. The Morgan fingerprint density at radius 2 is 2.50 bits per heavy atom. The highest BCUT2D eigenvalue weighted by Gasteiger charge is 2.28. The first-order chi connectivity index (χ1) is 6.70. The summed E-state index contributed by atoms with van der Waals surface area (Å²) in [5.74, 6) is 0.716. The Labute approximate surface area is 88.1 Å². The molecule has 0 spiro atoms. The molecule has 4 nitrogen and oxygen atoms in total. The number of rotatable bonds is 2. The maximum atomic E-state index is 5.96. The summed E-state index contributed by atoms with van der Waals surface area (Å²) < 4.78 is 0. The molecule has 0 amide bonds. The van der Waals surface area contributed by atoms with E-state index in [1.54, 1.807) is 6.20 Å². The number of hydrogen-bond acceptors (Lipinski definition) is 4. The van der Waals surface area contributed by atoms with Crippen LogP contribution in [0.25, 0.3) is 0 Å². The monoisotopic (exact) mass is 212 g/mol. The van der Waals surface area contributed by atoms with Crippen molar-refractivity contribution >= 4 is 17.4 Å². The van der Waals surface area contributed by atoms with Crippen LogP contribution in [-0.4, -0.2) is 28.6 Å². The minimum Gasteiger partial charge on any atom is -0.362 e. The van der Waals surface area contributed by atoms with Gasteiger partial charge in [-0.2, -0.15) is 0 Å². The van der Waals surface area contributed by atoms with Gasteiger partial charge in [-0.25, -0.2) is 9.97 Å². The van der Waals surface area contributed by atoms with Crippen molar-refractivity contribution in [2.45, 2.75) is 18.9 Å². The van der Waals surface area contributed by atoms with Gasteiger partial charge < -0.3 is 10.6 Å². The van der Waals surface area contributed by atoms with Gasteiger partial charge in [-0.3, -0.25) is 0 Å². The number of hydrogen-bond donors (Lipinski definition) is 2. The van der Waals surface area contributed by atoms with Crippen LogP contribution >= 0.6 is 11.6 Å². The molecule has 2 heterocycles. The largest absolute Gasteiger partial charge is 0.362 e. The van der Waals surface area contributed by atoms with Crippen molar-refractivity contribution < 1.29 is 0 Å². The van der Waals surface area contributed by atoms with Gasteiger partial charge in [-0.1, -0.05) is 11.6 Å². The van der Waals surface area contributed by atoms with Crippen LogP contribution in [0.4, 0.5) is 5.82 Å². The Bertz CT molecular complexity index is 322. The van der Waals surface area contributed by atoms with E-state index in [4.69, 9.17) is 11.6 Å². The van der Waals surface area contributed by atoms with Gasteiger partial charge in [-0.05, 0) is 19.9 Å². The molecule has 0 aromatic carbocycles. The minimum absolute atomic E-state index is 0.0536. The highest BCUT2D eigenvalue weighted by atomic mass is 35.5. The first-order valence-corrected chi connectivity index (χ1v) is 5.02. The Kier molecular flexibility index (Phi) is 2.56. The zero-order valence-electron chi connectivity index (χ0n) is 8.05. The fourth-order valence-corrected chi connectivity index (χ4v) is 1.77. The lowest BCUT2D eigenvalue weighted by Gasteiger charge is -2.25. The smallest absolute Gasteiger partial charge is 0.148 e. The minimum atomic E-state index is 0.0536. The fraction of sp³-hybridized carbons (Fsp3) is 0.556. The second-order valence-electron chi connectivity index (χ2n) is 3.83. The molecule has 5 heteroatoms. The van der Waals surface area contributed by atoms with Gasteiger partial charge in [0.15, 0.2) is 0 Å². The lowest BCUT2D eigenvalue weighted by atomic mass is 10.0. The molecule has 1 aromatic heterocycles. The van der Waals surface area contributed by atoms with Crippen molar-refractivity contribution in [1.29, 1.82) is 0 Å². The highest BCUT2D eigenvalue weighted by Crippen LogP contribution is 2.24. The molecule has 1 atom stereocenters. The standard InChI is InChI=1S/C9H13ClN4/c1-9(2-3-11-5-9)14-8-7(10)4-12-6-13-8/h4,6,11H,2-3,5H2,1H3,(H,12,13,14). The third-order valence-corrected chi connectivity index (χ3v) is 2.73. The molecular formula is C9H13ClN4. The van der Waals surface area contributed by atoms with E-state index >= 15 is 0 Å². The third kappa shape index (κ3) is 1.96. The number of nitrogens with one attached hydrogen (secondary N) is 2. The Morgan fingerprint density at radius 3 is 3.14 bits per heavy atom. The summed E-state index contributed by atoms with van der Waals surface area (Å²) in [4.78, 5) is 7.95. The predicted octanol–water partition coefficient (Wildman–Crippen LogP) is 1.29. The first kappa shape index (κ1) is 9.68. The molecular weight excluding hydrogens is 200 g/mol. The van der Waals surface area contributed by atoms with Gasteiger partial charge in [0, 0.05) is 12.1 Å². The number of nitrogens with zero attached hydrogens (tertiary/aromatic N) is 2. The highest BCUT2D eigenvalue weighted by molar-refractivity contribution is 6.32. The summed E-state index contributed by atoms with van der Waals surface area (Å²) in [7, 11) is 0. The molecule has 1 aromatic rings. The molecule has 0 saturated carbocycles. The maximum Gasteiger partial charge on any atom is 0.148 e. The molecule has 2 N–H and O–H groups in total. The zero-order chi connectivity index (χ0) is 10.0. The summed E-state index contributed by atoms with van der Waals surface area (Å²) in [5, 5.41) is 7.21. The van der Waals surface area contributed by atoms with Crippen LogP contribution in [-0.2, 0) is 0 Å². The molecule has 1 aliphatic heterocycles. The quantitative estimate of drug-likeness (QED) is 0.776. The Hall–Kier alpha value is -0.870. The first-order valence-electron chi connectivity index (χ1n) is 4.64. The number of anilines is 1. The van der Waals surface area contributed by atoms with Gasteiger partial charge in [0.1, 0.15) is 17.2 Å². The van der Waals surface area contributed by atoms with E-state index in [1.807, 2.05) is 0 Å². The molecule has 0 aliphatic carbocycles. The van der Waals surface area contributed by atoms with Gasteiger partial charge in [0.25, 0.3) is 0 Å². The third-order valence-electron chi connectivity index (χ3n) is 2.46. The maximum absolute atomic E-state index is 5.96. The van der Waals surface area contributed by atoms with Crippen LogP contribution in [0.2, 0.25) is 5.02 Å². The fourth-order valence-electron chi connectivity index (χ4n) is 1.61. The molecule has 1 saturated heterocycles. The molecule has 2 rings (SSSR count). The zero-order valence-corrected chi connectivity index (χ0v) is 8.80. The van der Waals surface area contributed by atoms with Crippen molar-refractivity contribution in [3.8, 4) is 0 Å². The second kappa shape index (κ2) is 3.71.